The lowest BCUT2D eigenvalue weighted by Gasteiger charge is -2.11. The normalized spacial score (nSPS) is 14.7. The van der Waals surface area contributed by atoms with Gasteiger partial charge in [0.1, 0.15) is 4.83 Å². The Morgan fingerprint density at radius 2 is 1.71 bits per heavy atom. The predicted molar refractivity (Wildman–Crippen MR) is 59.2 cm³/mol. The standard InChI is InChI=1S/C8H12Br2O4/c9-5(7(10)8(13)14)3-1-2-4-6(11)12/h5,7H,1-4H2,(H,11,12)(H,13,14). The SMILES string of the molecule is O=C(O)CCCCC(Br)C(Br)C(=O)O. The van der Waals surface area contributed by atoms with Crippen molar-refractivity contribution in [3.05, 3.63) is 0 Å². The van der Waals surface area contributed by atoms with Crippen molar-refractivity contribution in [2.24, 2.45) is 0 Å². The zero-order valence-corrected chi connectivity index (χ0v) is 10.6. The highest BCUT2D eigenvalue weighted by molar-refractivity contribution is 9.12. The molecule has 82 valence electrons. The van der Waals surface area contributed by atoms with E-state index in [2.05, 4.69) is 31.9 Å². The highest BCUT2D eigenvalue weighted by Gasteiger charge is 2.22. The molecule has 2 unspecified atom stereocenters. The summed E-state index contributed by atoms with van der Waals surface area (Å²) < 4.78 is 0. The molecule has 0 heterocycles. The number of hydrogen-bond acceptors (Lipinski definition) is 2. The van der Waals surface area contributed by atoms with Gasteiger partial charge in [-0.05, 0) is 12.8 Å². The zero-order chi connectivity index (χ0) is 11.1. The number of carbonyl (C=O) groups is 2. The summed E-state index contributed by atoms with van der Waals surface area (Å²) in [7, 11) is 0. The lowest BCUT2D eigenvalue weighted by Crippen LogP contribution is -2.23. The fourth-order valence-electron chi connectivity index (χ4n) is 0.917. The molecule has 14 heavy (non-hydrogen) atoms. The first-order valence-electron chi connectivity index (χ1n) is 4.18. The quantitative estimate of drug-likeness (QED) is 0.554. The molecule has 0 aliphatic carbocycles. The number of aliphatic carboxylic acids is 2. The number of alkyl halides is 2. The van der Waals surface area contributed by atoms with Crippen LogP contribution in [0.25, 0.3) is 0 Å². The van der Waals surface area contributed by atoms with Crippen LogP contribution in [0.2, 0.25) is 0 Å². The number of carboxylic acid groups (broad SMARTS) is 2. The van der Waals surface area contributed by atoms with Gasteiger partial charge in [0.15, 0.2) is 0 Å². The Morgan fingerprint density at radius 3 is 2.14 bits per heavy atom. The zero-order valence-electron chi connectivity index (χ0n) is 7.45. The summed E-state index contributed by atoms with van der Waals surface area (Å²) in [6.45, 7) is 0. The first kappa shape index (κ1) is 13.9. The molecule has 4 nitrogen and oxygen atoms in total. The van der Waals surface area contributed by atoms with Gasteiger partial charge >= 0.3 is 11.9 Å². The maximum Gasteiger partial charge on any atom is 0.318 e. The highest BCUT2D eigenvalue weighted by atomic mass is 79.9. The fraction of sp³-hybridized carbons (Fsp3) is 0.750. The third-order valence-corrected chi connectivity index (χ3v) is 4.40. The van der Waals surface area contributed by atoms with Crippen molar-refractivity contribution < 1.29 is 19.8 Å². The van der Waals surface area contributed by atoms with Gasteiger partial charge in [0.2, 0.25) is 0 Å². The Morgan fingerprint density at radius 1 is 1.14 bits per heavy atom. The van der Waals surface area contributed by atoms with Crippen LogP contribution >= 0.6 is 31.9 Å². The second-order valence-corrected chi connectivity index (χ2v) is 5.06. The molecular weight excluding hydrogens is 320 g/mol. The number of hydrogen-bond donors (Lipinski definition) is 2. The van der Waals surface area contributed by atoms with Gasteiger partial charge in [0.25, 0.3) is 0 Å². The second kappa shape index (κ2) is 7.23. The Labute approximate surface area is 98.9 Å². The first-order chi connectivity index (χ1) is 6.45. The minimum absolute atomic E-state index is 0.139. The van der Waals surface area contributed by atoms with E-state index in [1.54, 1.807) is 0 Å². The molecule has 0 aromatic rings. The van der Waals surface area contributed by atoms with Crippen molar-refractivity contribution in [2.75, 3.05) is 0 Å². The highest BCUT2D eigenvalue weighted by Crippen LogP contribution is 2.20. The monoisotopic (exact) mass is 330 g/mol. The maximum absolute atomic E-state index is 10.5. The van der Waals surface area contributed by atoms with Crippen LogP contribution in [0.1, 0.15) is 25.7 Å². The second-order valence-electron chi connectivity index (χ2n) is 2.90. The maximum atomic E-state index is 10.5. The van der Waals surface area contributed by atoms with Crippen LogP contribution in [0.5, 0.6) is 0 Å². The van der Waals surface area contributed by atoms with E-state index in [9.17, 15) is 9.59 Å². The van der Waals surface area contributed by atoms with Crippen molar-refractivity contribution in [3.8, 4) is 0 Å². The molecular formula is C8H12Br2O4. The van der Waals surface area contributed by atoms with Crippen LogP contribution in [-0.4, -0.2) is 31.8 Å². The van der Waals surface area contributed by atoms with Gasteiger partial charge in [-0.1, -0.05) is 38.3 Å². The van der Waals surface area contributed by atoms with Gasteiger partial charge in [-0.15, -0.1) is 0 Å². The van der Waals surface area contributed by atoms with E-state index in [1.807, 2.05) is 0 Å². The van der Waals surface area contributed by atoms with E-state index in [0.717, 1.165) is 0 Å². The Balaban J connectivity index is 3.58. The molecule has 0 bridgehead atoms. The van der Waals surface area contributed by atoms with Crippen molar-refractivity contribution in [3.63, 3.8) is 0 Å². The average Bonchev–Trinajstić information content (AvgIpc) is 2.10. The van der Waals surface area contributed by atoms with Crippen LogP contribution in [0.3, 0.4) is 0 Å². The van der Waals surface area contributed by atoms with Crippen LogP contribution in [0, 0.1) is 0 Å². The summed E-state index contributed by atoms with van der Waals surface area (Å²) in [5, 5.41) is 17.0. The van der Waals surface area contributed by atoms with Crippen LogP contribution in [0.15, 0.2) is 0 Å². The van der Waals surface area contributed by atoms with Gasteiger partial charge in [-0.25, -0.2) is 0 Å². The van der Waals surface area contributed by atoms with E-state index in [1.165, 1.54) is 0 Å². The van der Waals surface area contributed by atoms with Crippen molar-refractivity contribution in [1.82, 2.24) is 0 Å². The van der Waals surface area contributed by atoms with E-state index in [-0.39, 0.29) is 11.2 Å². The third-order valence-electron chi connectivity index (χ3n) is 1.67. The van der Waals surface area contributed by atoms with E-state index in [0.29, 0.717) is 19.3 Å². The van der Waals surface area contributed by atoms with Gasteiger partial charge < -0.3 is 10.2 Å². The van der Waals surface area contributed by atoms with Gasteiger partial charge in [-0.3, -0.25) is 9.59 Å². The molecule has 0 amide bonds. The van der Waals surface area contributed by atoms with Crippen molar-refractivity contribution in [2.45, 2.75) is 35.3 Å². The third kappa shape index (κ3) is 6.37. The molecule has 2 atom stereocenters. The Kier molecular flexibility index (Phi) is 7.17. The molecule has 6 heteroatoms. The topological polar surface area (TPSA) is 74.6 Å². The largest absolute Gasteiger partial charge is 0.481 e. The summed E-state index contributed by atoms with van der Waals surface area (Å²) in [5.41, 5.74) is 0. The molecule has 0 rings (SSSR count). The molecule has 0 radical (unpaired) electrons. The predicted octanol–water partition coefficient (Wildman–Crippen LogP) is 2.24. The minimum atomic E-state index is -0.912. The van der Waals surface area contributed by atoms with E-state index in [4.69, 9.17) is 10.2 Å². The molecule has 0 saturated heterocycles. The molecule has 0 aromatic carbocycles. The summed E-state index contributed by atoms with van der Waals surface area (Å²) in [6.07, 6.45) is 2.07. The molecule has 0 aliphatic heterocycles. The van der Waals surface area contributed by atoms with Crippen LogP contribution in [0.4, 0.5) is 0 Å². The average molecular weight is 332 g/mol. The lowest BCUT2D eigenvalue weighted by molar-refractivity contribution is -0.138. The molecule has 0 spiro atoms. The number of rotatable bonds is 7. The fourth-order valence-corrected chi connectivity index (χ4v) is 1.73. The smallest absolute Gasteiger partial charge is 0.318 e. The van der Waals surface area contributed by atoms with Crippen LogP contribution in [-0.2, 0) is 9.59 Å². The van der Waals surface area contributed by atoms with E-state index >= 15 is 0 Å². The van der Waals surface area contributed by atoms with Gasteiger partial charge in [0, 0.05) is 11.2 Å². The summed E-state index contributed by atoms with van der Waals surface area (Å²) in [4.78, 5) is 19.9. The van der Waals surface area contributed by atoms with Gasteiger partial charge in [-0.2, -0.15) is 0 Å². The lowest BCUT2D eigenvalue weighted by atomic mass is 10.1. The minimum Gasteiger partial charge on any atom is -0.481 e. The summed E-state index contributed by atoms with van der Waals surface area (Å²) in [5.74, 6) is -1.73. The Hall–Kier alpha value is -0.100. The molecule has 0 saturated carbocycles. The molecule has 0 fully saturated rings. The number of carboxylic acids is 2. The Bertz CT molecular complexity index is 208. The molecule has 2 N–H and O–H groups in total. The summed E-state index contributed by atoms with van der Waals surface area (Å²) in [6, 6.07) is 0. The number of unbranched alkanes of at least 4 members (excludes halogenated alkanes) is 1. The summed E-state index contributed by atoms with van der Waals surface area (Å²) >= 11 is 6.26. The van der Waals surface area contributed by atoms with Crippen molar-refractivity contribution in [1.29, 1.82) is 0 Å². The van der Waals surface area contributed by atoms with Crippen molar-refractivity contribution >= 4 is 43.8 Å². The number of halogens is 2. The van der Waals surface area contributed by atoms with Gasteiger partial charge in [0.05, 0.1) is 0 Å². The van der Waals surface area contributed by atoms with Crippen LogP contribution < -0.4 is 0 Å². The molecule has 0 aromatic heterocycles. The first-order valence-corrected chi connectivity index (χ1v) is 6.01. The van der Waals surface area contributed by atoms with E-state index < -0.39 is 16.8 Å². The molecule has 0 aliphatic rings.